The zero-order valence-corrected chi connectivity index (χ0v) is 10.9. The molecule has 1 heterocycles. The molecule has 1 aliphatic rings. The molecule has 1 unspecified atom stereocenters. The Bertz CT molecular complexity index is 410. The molecule has 0 spiro atoms. The number of hydrogen-bond acceptors (Lipinski definition) is 3. The quantitative estimate of drug-likeness (QED) is 0.881. The fourth-order valence-electron chi connectivity index (χ4n) is 2.47. The number of carboxylic acid groups (broad SMARTS) is 1. The van der Waals surface area contributed by atoms with Crippen LogP contribution in [0.1, 0.15) is 42.5 Å². The Balaban J connectivity index is 2.02. The largest absolute Gasteiger partial charge is 0.480 e. The lowest BCUT2D eigenvalue weighted by Gasteiger charge is -2.27. The molecule has 1 atom stereocenters. The molecule has 1 aromatic heterocycles. The van der Waals surface area contributed by atoms with Gasteiger partial charge in [-0.2, -0.15) is 11.3 Å². The molecule has 1 fully saturated rings. The second kappa shape index (κ2) is 6.00. The third-order valence-corrected chi connectivity index (χ3v) is 4.14. The second-order valence-corrected chi connectivity index (χ2v) is 5.48. The third-order valence-electron chi connectivity index (χ3n) is 3.46. The average molecular weight is 267 g/mol. The van der Waals surface area contributed by atoms with Crippen molar-refractivity contribution in [3.8, 4) is 0 Å². The Morgan fingerprint density at radius 2 is 2.06 bits per heavy atom. The lowest BCUT2D eigenvalue weighted by Crippen LogP contribution is -2.46. The smallest absolute Gasteiger partial charge is 0.326 e. The van der Waals surface area contributed by atoms with Crippen LogP contribution in [-0.4, -0.2) is 23.0 Å². The first-order valence-electron chi connectivity index (χ1n) is 6.24. The first-order chi connectivity index (χ1) is 8.68. The number of carbonyl (C=O) groups excluding carboxylic acids is 1. The topological polar surface area (TPSA) is 66.4 Å². The Morgan fingerprint density at radius 3 is 2.61 bits per heavy atom. The fourth-order valence-corrected chi connectivity index (χ4v) is 3.10. The maximum atomic E-state index is 11.9. The van der Waals surface area contributed by atoms with E-state index in [1.165, 1.54) is 17.8 Å². The van der Waals surface area contributed by atoms with Crippen molar-refractivity contribution in [1.82, 2.24) is 5.32 Å². The fraction of sp³-hybridized carbons (Fsp3) is 0.538. The van der Waals surface area contributed by atoms with Crippen LogP contribution in [0.5, 0.6) is 0 Å². The van der Waals surface area contributed by atoms with Crippen LogP contribution < -0.4 is 5.32 Å². The molecule has 1 aromatic rings. The first-order valence-corrected chi connectivity index (χ1v) is 7.18. The number of amides is 1. The molecule has 18 heavy (non-hydrogen) atoms. The highest BCUT2D eigenvalue weighted by Crippen LogP contribution is 2.26. The predicted octanol–water partition coefficient (Wildman–Crippen LogP) is 2.51. The van der Waals surface area contributed by atoms with Crippen molar-refractivity contribution in [3.05, 3.63) is 22.4 Å². The standard InChI is InChI=1S/C13H17NO3S/c15-12(10-6-7-18-8-10)14-11(13(16)17)9-4-2-1-3-5-9/h6-9,11H,1-5H2,(H,14,15)(H,16,17). The van der Waals surface area contributed by atoms with E-state index in [2.05, 4.69) is 5.32 Å². The summed E-state index contributed by atoms with van der Waals surface area (Å²) in [6.07, 6.45) is 5.06. The van der Waals surface area contributed by atoms with Crippen LogP contribution >= 0.6 is 11.3 Å². The first kappa shape index (κ1) is 13.1. The van der Waals surface area contributed by atoms with Crippen molar-refractivity contribution in [1.29, 1.82) is 0 Å². The van der Waals surface area contributed by atoms with Gasteiger partial charge in [0.2, 0.25) is 0 Å². The lowest BCUT2D eigenvalue weighted by molar-refractivity contribution is -0.141. The summed E-state index contributed by atoms with van der Waals surface area (Å²) in [4.78, 5) is 23.2. The van der Waals surface area contributed by atoms with E-state index in [4.69, 9.17) is 0 Å². The molecule has 1 aliphatic carbocycles. The van der Waals surface area contributed by atoms with Gasteiger partial charge in [0.25, 0.3) is 5.91 Å². The van der Waals surface area contributed by atoms with Gasteiger partial charge in [-0.15, -0.1) is 0 Å². The van der Waals surface area contributed by atoms with Gasteiger partial charge in [-0.05, 0) is 30.2 Å². The molecule has 1 saturated carbocycles. The van der Waals surface area contributed by atoms with Crippen LogP contribution in [-0.2, 0) is 4.79 Å². The number of carbonyl (C=O) groups is 2. The highest BCUT2D eigenvalue weighted by Gasteiger charge is 2.30. The highest BCUT2D eigenvalue weighted by molar-refractivity contribution is 7.08. The molecule has 98 valence electrons. The number of nitrogens with one attached hydrogen (secondary N) is 1. The van der Waals surface area contributed by atoms with Crippen LogP contribution in [0, 0.1) is 5.92 Å². The Labute approximate surface area is 110 Å². The Hall–Kier alpha value is -1.36. The van der Waals surface area contributed by atoms with E-state index in [0.717, 1.165) is 25.7 Å². The second-order valence-electron chi connectivity index (χ2n) is 4.70. The minimum absolute atomic E-state index is 0.0684. The van der Waals surface area contributed by atoms with Gasteiger partial charge in [-0.3, -0.25) is 4.79 Å². The van der Waals surface area contributed by atoms with Crippen molar-refractivity contribution in [2.45, 2.75) is 38.1 Å². The SMILES string of the molecule is O=C(NC(C(=O)O)C1CCCCC1)c1ccsc1. The molecule has 2 rings (SSSR count). The van der Waals surface area contributed by atoms with Gasteiger partial charge in [0.05, 0.1) is 5.56 Å². The Kier molecular flexibility index (Phi) is 4.36. The number of carboxylic acids is 1. The van der Waals surface area contributed by atoms with E-state index in [-0.39, 0.29) is 11.8 Å². The summed E-state index contributed by atoms with van der Waals surface area (Å²) in [5.74, 6) is -1.14. The van der Waals surface area contributed by atoms with Gasteiger partial charge >= 0.3 is 5.97 Å². The molecule has 4 nitrogen and oxygen atoms in total. The number of hydrogen-bond donors (Lipinski definition) is 2. The van der Waals surface area contributed by atoms with Crippen molar-refractivity contribution in [3.63, 3.8) is 0 Å². The summed E-state index contributed by atoms with van der Waals surface area (Å²) in [6, 6.07) is 0.956. The summed E-state index contributed by atoms with van der Waals surface area (Å²) in [5.41, 5.74) is 0.544. The van der Waals surface area contributed by atoms with Crippen molar-refractivity contribution >= 4 is 23.2 Å². The van der Waals surface area contributed by atoms with E-state index >= 15 is 0 Å². The Morgan fingerprint density at radius 1 is 1.33 bits per heavy atom. The third kappa shape index (κ3) is 3.10. The average Bonchev–Trinajstić information content (AvgIpc) is 2.90. The molecule has 0 bridgehead atoms. The van der Waals surface area contributed by atoms with Crippen molar-refractivity contribution in [2.24, 2.45) is 5.92 Å². The normalized spacial score (nSPS) is 18.2. The molecule has 0 radical (unpaired) electrons. The lowest BCUT2D eigenvalue weighted by atomic mass is 9.84. The molecule has 0 aliphatic heterocycles. The molecule has 0 saturated heterocycles. The minimum atomic E-state index is -0.925. The molecular formula is C13H17NO3S. The maximum absolute atomic E-state index is 11.9. The van der Waals surface area contributed by atoms with Gasteiger partial charge in [0, 0.05) is 5.38 Å². The summed E-state index contributed by atoms with van der Waals surface area (Å²) < 4.78 is 0. The van der Waals surface area contributed by atoms with Gasteiger partial charge < -0.3 is 10.4 Å². The van der Waals surface area contributed by atoms with E-state index in [1.54, 1.807) is 11.4 Å². The van der Waals surface area contributed by atoms with Gasteiger partial charge in [0.15, 0.2) is 0 Å². The van der Waals surface area contributed by atoms with E-state index < -0.39 is 12.0 Å². The summed E-state index contributed by atoms with van der Waals surface area (Å²) in [5, 5.41) is 15.5. The van der Waals surface area contributed by atoms with Gasteiger partial charge in [0.1, 0.15) is 6.04 Å². The highest BCUT2D eigenvalue weighted by atomic mass is 32.1. The number of thiophene rings is 1. The molecule has 0 aromatic carbocycles. The van der Waals surface area contributed by atoms with Crippen molar-refractivity contribution in [2.75, 3.05) is 0 Å². The van der Waals surface area contributed by atoms with Crippen LogP contribution in [0.25, 0.3) is 0 Å². The minimum Gasteiger partial charge on any atom is -0.480 e. The van der Waals surface area contributed by atoms with Gasteiger partial charge in [-0.25, -0.2) is 4.79 Å². The van der Waals surface area contributed by atoms with Crippen LogP contribution in [0.4, 0.5) is 0 Å². The summed E-state index contributed by atoms with van der Waals surface area (Å²) in [7, 11) is 0. The van der Waals surface area contributed by atoms with Crippen LogP contribution in [0.15, 0.2) is 16.8 Å². The van der Waals surface area contributed by atoms with E-state index in [0.29, 0.717) is 5.56 Å². The number of rotatable bonds is 4. The summed E-state index contributed by atoms with van der Waals surface area (Å²) in [6.45, 7) is 0. The van der Waals surface area contributed by atoms with Gasteiger partial charge in [-0.1, -0.05) is 19.3 Å². The van der Waals surface area contributed by atoms with E-state index in [9.17, 15) is 14.7 Å². The molecule has 2 N–H and O–H groups in total. The van der Waals surface area contributed by atoms with Crippen LogP contribution in [0.2, 0.25) is 0 Å². The van der Waals surface area contributed by atoms with E-state index in [1.807, 2.05) is 5.38 Å². The molecule has 5 heteroatoms. The summed E-state index contributed by atoms with van der Waals surface area (Å²) >= 11 is 1.43. The number of aliphatic carboxylic acids is 1. The zero-order valence-electron chi connectivity index (χ0n) is 10.1. The van der Waals surface area contributed by atoms with Crippen molar-refractivity contribution < 1.29 is 14.7 Å². The zero-order chi connectivity index (χ0) is 13.0. The maximum Gasteiger partial charge on any atom is 0.326 e. The van der Waals surface area contributed by atoms with Crippen LogP contribution in [0.3, 0.4) is 0 Å². The monoisotopic (exact) mass is 267 g/mol. The molecule has 1 amide bonds. The molecular weight excluding hydrogens is 250 g/mol. The predicted molar refractivity (Wildman–Crippen MR) is 69.8 cm³/mol.